The van der Waals surface area contributed by atoms with Crippen LogP contribution in [-0.2, 0) is 4.74 Å². The summed E-state index contributed by atoms with van der Waals surface area (Å²) >= 11 is 3.16. The second-order valence-corrected chi connectivity index (χ2v) is 15.2. The van der Waals surface area contributed by atoms with Crippen molar-refractivity contribution < 1.29 is 13.9 Å². The van der Waals surface area contributed by atoms with Crippen molar-refractivity contribution >= 4 is 39.0 Å². The zero-order valence-electron chi connectivity index (χ0n) is 28.0. The molecule has 0 atom stereocenters. The van der Waals surface area contributed by atoms with Crippen LogP contribution in [0.15, 0.2) is 53.4 Å². The minimum absolute atomic E-state index is 0.326. The molecule has 1 amide bonds. The van der Waals surface area contributed by atoms with E-state index < -0.39 is 11.5 Å². The smallest absolute Gasteiger partial charge is 0.407 e. The molecule has 5 N–H and O–H groups in total. The van der Waals surface area contributed by atoms with Crippen molar-refractivity contribution in [2.45, 2.75) is 89.8 Å². The van der Waals surface area contributed by atoms with Crippen LogP contribution in [0.1, 0.15) is 72.1 Å². The Morgan fingerprint density at radius 3 is 1.94 bits per heavy atom. The highest BCUT2D eigenvalue weighted by molar-refractivity contribution is 7.14. The van der Waals surface area contributed by atoms with Crippen LogP contribution < -0.4 is 21.7 Å². The zero-order valence-corrected chi connectivity index (χ0v) is 29.6. The molecule has 0 spiro atoms. The molecule has 6 rings (SSSR count). The third-order valence-electron chi connectivity index (χ3n) is 8.53. The molecule has 258 valence electrons. The fourth-order valence-corrected chi connectivity index (χ4v) is 7.49. The highest BCUT2D eigenvalue weighted by atomic mass is 32.1. The Hall–Kier alpha value is -3.68. The minimum atomic E-state index is -0.477. The molecule has 2 aliphatic carbocycles. The maximum Gasteiger partial charge on any atom is 0.407 e. The van der Waals surface area contributed by atoms with E-state index in [4.69, 9.17) is 10.5 Å². The van der Waals surface area contributed by atoms with Crippen LogP contribution in [0.5, 0.6) is 0 Å². The first-order valence-corrected chi connectivity index (χ1v) is 18.5. The number of thiazole rings is 2. The molecule has 0 radical (unpaired) electrons. The molecule has 2 saturated carbocycles. The first-order valence-electron chi connectivity index (χ1n) is 16.8. The SMILES string of the molecule is CC(C)(C)OC(=O)NCC1CCC(Nc2nc(-c3ccccn3)cs2)CC1.NCC1CCC(Nc2nc(-c3cccc(F)n3)cs2)CC1. The first-order chi connectivity index (χ1) is 23.1. The maximum absolute atomic E-state index is 13.1. The summed E-state index contributed by atoms with van der Waals surface area (Å²) in [6, 6.07) is 11.5. The standard InChI is InChI=1S/C20H28N4O2S.C15H19FN4S/c1-20(2,3)26-19(25)22-12-14-7-9-15(10-8-14)23-18-24-17(13-27-18)16-6-4-5-11-21-16;16-14-3-1-2-12(19-14)13-9-21-15(20-13)18-11-6-4-10(8-17)5-7-11/h4-6,11,13-15H,7-10,12H2,1-3H3,(H,22,25)(H,23,24);1-3,9-11H,4-8,17H2,(H,18,20). The fraction of sp³-hybridized carbons (Fsp3) is 0.514. The highest BCUT2D eigenvalue weighted by Gasteiger charge is 2.24. The van der Waals surface area contributed by atoms with Crippen LogP contribution >= 0.6 is 22.7 Å². The van der Waals surface area contributed by atoms with Gasteiger partial charge in [0.05, 0.1) is 11.4 Å². The molecule has 0 aromatic carbocycles. The van der Waals surface area contributed by atoms with E-state index in [0.717, 1.165) is 72.4 Å². The van der Waals surface area contributed by atoms with Crippen LogP contribution in [0.25, 0.3) is 22.8 Å². The number of hydrogen-bond donors (Lipinski definition) is 4. The summed E-state index contributed by atoms with van der Waals surface area (Å²) in [5, 5.41) is 15.7. The Morgan fingerprint density at radius 2 is 1.40 bits per heavy atom. The number of pyridine rings is 2. The average Bonchev–Trinajstić information content (AvgIpc) is 3.75. The van der Waals surface area contributed by atoms with Gasteiger partial charge in [-0.3, -0.25) is 4.98 Å². The number of halogens is 1. The lowest BCUT2D eigenvalue weighted by Gasteiger charge is -2.29. The largest absolute Gasteiger partial charge is 0.444 e. The Bertz CT molecular complexity index is 1560. The van der Waals surface area contributed by atoms with Crippen molar-refractivity contribution in [3.8, 4) is 22.8 Å². The lowest BCUT2D eigenvalue weighted by atomic mass is 9.86. The number of aromatic nitrogens is 4. The molecule has 4 heterocycles. The third kappa shape index (κ3) is 11.2. The lowest BCUT2D eigenvalue weighted by molar-refractivity contribution is 0.0515. The van der Waals surface area contributed by atoms with E-state index in [9.17, 15) is 9.18 Å². The summed E-state index contributed by atoms with van der Waals surface area (Å²) in [7, 11) is 0. The van der Waals surface area contributed by atoms with Gasteiger partial charge in [0.25, 0.3) is 0 Å². The van der Waals surface area contributed by atoms with Crippen molar-refractivity contribution in [1.29, 1.82) is 0 Å². The van der Waals surface area contributed by atoms with Gasteiger partial charge in [0.15, 0.2) is 10.3 Å². The number of nitrogens with zero attached hydrogens (tertiary/aromatic N) is 4. The summed E-state index contributed by atoms with van der Waals surface area (Å²) in [6.45, 7) is 7.10. The number of amides is 1. The van der Waals surface area contributed by atoms with Crippen molar-refractivity contribution in [2.75, 3.05) is 23.7 Å². The van der Waals surface area contributed by atoms with Gasteiger partial charge in [-0.05, 0) is 115 Å². The van der Waals surface area contributed by atoms with Crippen LogP contribution in [0.2, 0.25) is 0 Å². The molecule has 0 saturated heterocycles. The first kappa shape index (κ1) is 35.6. The molecule has 4 aromatic rings. The van der Waals surface area contributed by atoms with E-state index in [1.165, 1.54) is 18.9 Å². The lowest BCUT2D eigenvalue weighted by Crippen LogP contribution is -2.37. The van der Waals surface area contributed by atoms with Crippen LogP contribution in [0.3, 0.4) is 0 Å². The van der Waals surface area contributed by atoms with E-state index in [0.29, 0.717) is 36.2 Å². The molecule has 48 heavy (non-hydrogen) atoms. The number of nitrogens with two attached hydrogens (primary N) is 1. The maximum atomic E-state index is 13.1. The average molecular weight is 695 g/mol. The molecule has 4 aromatic heterocycles. The number of hydrogen-bond acceptors (Lipinski definition) is 11. The summed E-state index contributed by atoms with van der Waals surface area (Å²) < 4.78 is 18.4. The monoisotopic (exact) mass is 694 g/mol. The topological polar surface area (TPSA) is 140 Å². The predicted octanol–water partition coefficient (Wildman–Crippen LogP) is 7.97. The van der Waals surface area contributed by atoms with Crippen molar-refractivity contribution in [3.63, 3.8) is 0 Å². The van der Waals surface area contributed by atoms with Crippen molar-refractivity contribution in [2.24, 2.45) is 17.6 Å². The van der Waals surface area contributed by atoms with Crippen LogP contribution in [-0.4, -0.2) is 56.8 Å². The number of carbonyl (C=O) groups excluding carboxylic acids is 1. The summed E-state index contributed by atoms with van der Waals surface area (Å²) in [4.78, 5) is 29.1. The third-order valence-corrected chi connectivity index (χ3v) is 10.1. The molecule has 2 fully saturated rings. The van der Waals surface area contributed by atoms with Gasteiger partial charge < -0.3 is 26.4 Å². The van der Waals surface area contributed by atoms with Gasteiger partial charge in [-0.1, -0.05) is 12.1 Å². The quantitative estimate of drug-likeness (QED) is 0.128. The number of alkyl carbamates (subject to hydrolysis) is 1. The Morgan fingerprint density at radius 1 is 0.812 bits per heavy atom. The summed E-state index contributed by atoms with van der Waals surface area (Å²) in [5.41, 5.74) is 8.37. The molecule has 13 heteroatoms. The Kier molecular flexibility index (Phi) is 12.7. The van der Waals surface area contributed by atoms with E-state index >= 15 is 0 Å². The van der Waals surface area contributed by atoms with Gasteiger partial charge in [-0.25, -0.2) is 19.7 Å². The van der Waals surface area contributed by atoms with Crippen LogP contribution in [0.4, 0.5) is 19.4 Å². The second-order valence-electron chi connectivity index (χ2n) is 13.5. The second kappa shape index (κ2) is 17.1. The molecule has 0 unspecified atom stereocenters. The predicted molar refractivity (Wildman–Crippen MR) is 193 cm³/mol. The van der Waals surface area contributed by atoms with E-state index in [-0.39, 0.29) is 6.09 Å². The molecular weight excluding hydrogens is 648 g/mol. The normalized spacial score (nSPS) is 21.0. The number of ether oxygens (including phenoxy) is 1. The van der Waals surface area contributed by atoms with E-state index in [1.807, 2.05) is 49.7 Å². The number of anilines is 2. The fourth-order valence-electron chi connectivity index (χ4n) is 5.93. The Labute approximate surface area is 290 Å². The highest BCUT2D eigenvalue weighted by Crippen LogP contribution is 2.30. The van der Waals surface area contributed by atoms with E-state index in [2.05, 4.69) is 35.9 Å². The molecule has 2 aliphatic rings. The molecule has 0 bridgehead atoms. The number of rotatable bonds is 9. The number of nitrogens with one attached hydrogen (secondary N) is 3. The van der Waals surface area contributed by atoms with E-state index in [1.54, 1.807) is 41.0 Å². The van der Waals surface area contributed by atoms with Crippen LogP contribution in [0, 0.1) is 17.8 Å². The van der Waals surface area contributed by atoms with Gasteiger partial charge in [0, 0.05) is 35.6 Å². The Balaban J connectivity index is 0.000000194. The zero-order chi connectivity index (χ0) is 33.9. The number of carbonyl (C=O) groups is 1. The summed E-state index contributed by atoms with van der Waals surface area (Å²) in [5.74, 6) is 0.706. The van der Waals surface area contributed by atoms with Gasteiger partial charge in [-0.2, -0.15) is 4.39 Å². The van der Waals surface area contributed by atoms with Crippen molar-refractivity contribution in [1.82, 2.24) is 25.3 Å². The summed E-state index contributed by atoms with van der Waals surface area (Å²) in [6.07, 6.45) is 10.4. The van der Waals surface area contributed by atoms with Gasteiger partial charge in [-0.15, -0.1) is 22.7 Å². The molecule has 0 aliphatic heterocycles. The van der Waals surface area contributed by atoms with Gasteiger partial charge in [0.2, 0.25) is 5.95 Å². The molecule has 10 nitrogen and oxygen atoms in total. The minimum Gasteiger partial charge on any atom is -0.444 e. The van der Waals surface area contributed by atoms with Gasteiger partial charge in [0.1, 0.15) is 17.0 Å². The van der Waals surface area contributed by atoms with Crippen molar-refractivity contribution in [3.05, 3.63) is 59.3 Å². The van der Waals surface area contributed by atoms with Gasteiger partial charge >= 0.3 is 6.09 Å². The molecular formula is C35H47FN8O2S2.